The number of nitrogens with one attached hydrogen (secondary N) is 1. The summed E-state index contributed by atoms with van der Waals surface area (Å²) in [5.74, 6) is -0.669. The van der Waals surface area contributed by atoms with E-state index in [4.69, 9.17) is 4.74 Å². The van der Waals surface area contributed by atoms with Crippen molar-refractivity contribution in [3.8, 4) is 0 Å². The van der Waals surface area contributed by atoms with Crippen molar-refractivity contribution in [1.82, 2.24) is 10.2 Å². The first kappa shape index (κ1) is 23.2. The molecule has 2 aliphatic rings. The highest BCUT2D eigenvalue weighted by Crippen LogP contribution is 2.41. The van der Waals surface area contributed by atoms with Crippen LogP contribution in [0.15, 0.2) is 35.9 Å². The van der Waals surface area contributed by atoms with E-state index in [1.807, 2.05) is 31.2 Å². The predicted molar refractivity (Wildman–Crippen MR) is 119 cm³/mol. The maximum atomic E-state index is 13.5. The SMILES string of the molecule is COCCCN1C(=O)CC(CC(=O)NCCC2=CCCCC2)(c2ccccc2C)C1=O. The Morgan fingerprint density at radius 3 is 2.74 bits per heavy atom. The van der Waals surface area contributed by atoms with Gasteiger partial charge in [-0.05, 0) is 56.6 Å². The van der Waals surface area contributed by atoms with Crippen LogP contribution in [0.4, 0.5) is 0 Å². The highest BCUT2D eigenvalue weighted by molar-refractivity contribution is 6.10. The molecule has 1 N–H and O–H groups in total. The molecule has 3 amide bonds. The Morgan fingerprint density at radius 2 is 2.03 bits per heavy atom. The Balaban J connectivity index is 1.75. The van der Waals surface area contributed by atoms with Gasteiger partial charge in [0.25, 0.3) is 0 Å². The van der Waals surface area contributed by atoms with E-state index in [1.165, 1.54) is 23.3 Å². The number of imide groups is 1. The number of methoxy groups -OCH3 is 1. The molecule has 6 heteroatoms. The number of amides is 3. The van der Waals surface area contributed by atoms with Crippen LogP contribution in [0.2, 0.25) is 0 Å². The van der Waals surface area contributed by atoms with Gasteiger partial charge in [0.05, 0.1) is 5.41 Å². The van der Waals surface area contributed by atoms with Crippen molar-refractivity contribution < 1.29 is 19.1 Å². The second-order valence-corrected chi connectivity index (χ2v) is 8.66. The highest BCUT2D eigenvalue weighted by Gasteiger charge is 2.53. The van der Waals surface area contributed by atoms with E-state index < -0.39 is 5.41 Å². The molecule has 1 aromatic rings. The third kappa shape index (κ3) is 5.42. The van der Waals surface area contributed by atoms with Gasteiger partial charge >= 0.3 is 0 Å². The second-order valence-electron chi connectivity index (χ2n) is 8.66. The molecule has 168 valence electrons. The first-order valence-electron chi connectivity index (χ1n) is 11.3. The fourth-order valence-electron chi connectivity index (χ4n) is 4.78. The number of hydrogen-bond acceptors (Lipinski definition) is 4. The van der Waals surface area contributed by atoms with Crippen molar-refractivity contribution in [3.05, 3.63) is 47.0 Å². The number of aryl methyl sites for hydroxylation is 1. The summed E-state index contributed by atoms with van der Waals surface area (Å²) in [6.07, 6.45) is 8.41. The standard InChI is InChI=1S/C25H34N2O4/c1-19-9-6-7-12-21(19)25(18-23(29)27(24(25)30)15-8-16-31-2)17-22(28)26-14-13-20-10-4-3-5-11-20/h6-7,9-10,12H,3-5,8,11,13-18H2,1-2H3,(H,26,28). The molecule has 1 unspecified atom stereocenters. The van der Waals surface area contributed by atoms with E-state index in [0.29, 0.717) is 26.1 Å². The van der Waals surface area contributed by atoms with Crippen LogP contribution in [0.3, 0.4) is 0 Å². The van der Waals surface area contributed by atoms with E-state index >= 15 is 0 Å². The molecule has 6 nitrogen and oxygen atoms in total. The van der Waals surface area contributed by atoms with Gasteiger partial charge in [-0.15, -0.1) is 0 Å². The van der Waals surface area contributed by atoms with Crippen LogP contribution >= 0.6 is 0 Å². The van der Waals surface area contributed by atoms with Crippen molar-refractivity contribution in [3.63, 3.8) is 0 Å². The van der Waals surface area contributed by atoms with Gasteiger partial charge in [-0.2, -0.15) is 0 Å². The molecule has 1 fully saturated rings. The lowest BCUT2D eigenvalue weighted by Crippen LogP contribution is -2.43. The van der Waals surface area contributed by atoms with E-state index in [-0.39, 0.29) is 30.6 Å². The first-order chi connectivity index (χ1) is 15.0. The predicted octanol–water partition coefficient (Wildman–Crippen LogP) is 3.43. The Morgan fingerprint density at radius 1 is 1.23 bits per heavy atom. The number of benzene rings is 1. The van der Waals surface area contributed by atoms with Crippen LogP contribution in [0, 0.1) is 6.92 Å². The minimum atomic E-state index is -1.14. The Kier molecular flexibility index (Phi) is 8.02. The lowest BCUT2D eigenvalue weighted by molar-refractivity contribution is -0.141. The summed E-state index contributed by atoms with van der Waals surface area (Å²) in [5.41, 5.74) is 1.95. The topological polar surface area (TPSA) is 75.7 Å². The zero-order chi connectivity index (χ0) is 22.3. The molecular weight excluding hydrogens is 392 g/mol. The molecule has 0 aromatic heterocycles. The number of nitrogens with zero attached hydrogens (tertiary/aromatic N) is 1. The third-order valence-electron chi connectivity index (χ3n) is 6.42. The number of allylic oxidation sites excluding steroid dienone is 1. The summed E-state index contributed by atoms with van der Waals surface area (Å²) in [6.45, 7) is 3.28. The summed E-state index contributed by atoms with van der Waals surface area (Å²) in [7, 11) is 1.60. The molecule has 1 atom stereocenters. The zero-order valence-electron chi connectivity index (χ0n) is 18.7. The number of likely N-dealkylation sites (tertiary alicyclic amines) is 1. The summed E-state index contributed by atoms with van der Waals surface area (Å²) in [6, 6.07) is 7.57. The highest BCUT2D eigenvalue weighted by atomic mass is 16.5. The minimum absolute atomic E-state index is 0.0117. The van der Waals surface area contributed by atoms with Crippen LogP contribution in [0.1, 0.15) is 62.5 Å². The lowest BCUT2D eigenvalue weighted by Gasteiger charge is -2.28. The van der Waals surface area contributed by atoms with Crippen molar-refractivity contribution in [1.29, 1.82) is 0 Å². The van der Waals surface area contributed by atoms with Gasteiger partial charge in [-0.25, -0.2) is 0 Å². The van der Waals surface area contributed by atoms with Crippen molar-refractivity contribution in [2.24, 2.45) is 0 Å². The van der Waals surface area contributed by atoms with E-state index in [1.54, 1.807) is 7.11 Å². The van der Waals surface area contributed by atoms with Gasteiger partial charge in [-0.1, -0.05) is 35.9 Å². The summed E-state index contributed by atoms with van der Waals surface area (Å²) in [5, 5.41) is 2.99. The van der Waals surface area contributed by atoms with E-state index in [9.17, 15) is 14.4 Å². The average Bonchev–Trinajstić information content (AvgIpc) is 2.99. The molecule has 3 rings (SSSR count). The van der Waals surface area contributed by atoms with Crippen LogP contribution in [0.5, 0.6) is 0 Å². The lowest BCUT2D eigenvalue weighted by atomic mass is 9.74. The number of rotatable bonds is 10. The molecule has 1 saturated heterocycles. The minimum Gasteiger partial charge on any atom is -0.385 e. The van der Waals surface area contributed by atoms with Gasteiger partial charge in [0.2, 0.25) is 17.7 Å². The van der Waals surface area contributed by atoms with Gasteiger partial charge in [0, 0.05) is 39.6 Å². The molecule has 0 radical (unpaired) electrons. The quantitative estimate of drug-likeness (QED) is 0.353. The molecule has 1 aromatic carbocycles. The number of hydrogen-bond donors (Lipinski definition) is 1. The van der Waals surface area contributed by atoms with Crippen LogP contribution in [-0.2, 0) is 24.5 Å². The normalized spacial score (nSPS) is 21.4. The van der Waals surface area contributed by atoms with Crippen molar-refractivity contribution >= 4 is 17.7 Å². The van der Waals surface area contributed by atoms with Crippen LogP contribution in [0.25, 0.3) is 0 Å². The number of carbonyl (C=O) groups excluding carboxylic acids is 3. The summed E-state index contributed by atoms with van der Waals surface area (Å²) >= 11 is 0. The maximum absolute atomic E-state index is 13.5. The molecular formula is C25H34N2O4. The summed E-state index contributed by atoms with van der Waals surface area (Å²) < 4.78 is 5.07. The van der Waals surface area contributed by atoms with Crippen LogP contribution in [-0.4, -0.2) is 49.4 Å². The monoisotopic (exact) mass is 426 g/mol. The fourth-order valence-corrected chi connectivity index (χ4v) is 4.78. The maximum Gasteiger partial charge on any atom is 0.240 e. The van der Waals surface area contributed by atoms with E-state index in [0.717, 1.165) is 30.4 Å². The van der Waals surface area contributed by atoms with Gasteiger partial charge in [-0.3, -0.25) is 19.3 Å². The third-order valence-corrected chi connectivity index (χ3v) is 6.42. The molecule has 1 aliphatic carbocycles. The largest absolute Gasteiger partial charge is 0.385 e. The Hall–Kier alpha value is -2.47. The molecule has 0 spiro atoms. The number of ether oxygens (including phenoxy) is 1. The number of carbonyl (C=O) groups is 3. The molecule has 0 saturated carbocycles. The van der Waals surface area contributed by atoms with Crippen molar-refractivity contribution in [2.75, 3.05) is 26.8 Å². The Labute approximate surface area is 185 Å². The van der Waals surface area contributed by atoms with Gasteiger partial charge < -0.3 is 10.1 Å². The van der Waals surface area contributed by atoms with E-state index in [2.05, 4.69) is 11.4 Å². The molecule has 1 aliphatic heterocycles. The molecule has 31 heavy (non-hydrogen) atoms. The molecule has 1 heterocycles. The molecule has 0 bridgehead atoms. The smallest absolute Gasteiger partial charge is 0.240 e. The van der Waals surface area contributed by atoms with Crippen molar-refractivity contribution in [2.45, 2.75) is 63.7 Å². The average molecular weight is 427 g/mol. The van der Waals surface area contributed by atoms with Gasteiger partial charge in [0.15, 0.2) is 0 Å². The fraction of sp³-hybridized carbons (Fsp3) is 0.560. The first-order valence-corrected chi connectivity index (χ1v) is 11.3. The Bertz CT molecular complexity index is 848. The van der Waals surface area contributed by atoms with Crippen LogP contribution < -0.4 is 5.32 Å². The second kappa shape index (κ2) is 10.7. The zero-order valence-corrected chi connectivity index (χ0v) is 18.7. The summed E-state index contributed by atoms with van der Waals surface area (Å²) in [4.78, 5) is 40.6. The van der Waals surface area contributed by atoms with Gasteiger partial charge in [0.1, 0.15) is 0 Å².